The van der Waals surface area contributed by atoms with Crippen LogP contribution in [0.15, 0.2) is 83.7 Å². The number of tetrazole rings is 1. The third-order valence-electron chi connectivity index (χ3n) is 7.02. The number of nitrogens with zero attached hydrogens (tertiary/aromatic N) is 5. The zero-order valence-corrected chi connectivity index (χ0v) is 22.8. The van der Waals surface area contributed by atoms with Crippen molar-refractivity contribution in [3.63, 3.8) is 0 Å². The molecule has 3 aromatic carbocycles. The average Bonchev–Trinajstić information content (AvgIpc) is 3.60. The number of hydrogen-bond acceptors (Lipinski definition) is 5. The first-order valence-corrected chi connectivity index (χ1v) is 13.4. The molecule has 0 saturated carbocycles. The maximum atomic E-state index is 14.5. The summed E-state index contributed by atoms with van der Waals surface area (Å²) < 4.78 is 31.0. The van der Waals surface area contributed by atoms with Gasteiger partial charge in [-0.15, -0.1) is 10.2 Å². The van der Waals surface area contributed by atoms with Crippen LogP contribution in [0.5, 0.6) is 0 Å². The number of benzene rings is 3. The average molecular weight is 557 g/mol. The summed E-state index contributed by atoms with van der Waals surface area (Å²) in [5, 5.41) is 14.3. The van der Waals surface area contributed by atoms with Gasteiger partial charge in [-0.3, -0.25) is 9.36 Å². The van der Waals surface area contributed by atoms with Gasteiger partial charge in [0.2, 0.25) is 11.7 Å². The highest BCUT2D eigenvalue weighted by molar-refractivity contribution is 5.82. The Morgan fingerprint density at radius 3 is 2.22 bits per heavy atom. The molecule has 0 aliphatic carbocycles. The van der Waals surface area contributed by atoms with Crippen LogP contribution < -0.4 is 5.69 Å². The molecule has 0 amide bonds. The van der Waals surface area contributed by atoms with Gasteiger partial charge in [0.15, 0.2) is 0 Å². The van der Waals surface area contributed by atoms with Crippen molar-refractivity contribution in [2.45, 2.75) is 46.1 Å². The third-order valence-corrected chi connectivity index (χ3v) is 7.02. The van der Waals surface area contributed by atoms with Crippen LogP contribution in [0.4, 0.5) is 8.78 Å². The number of imidazole rings is 1. The van der Waals surface area contributed by atoms with Gasteiger partial charge in [0.1, 0.15) is 5.69 Å². The fourth-order valence-corrected chi connectivity index (χ4v) is 4.95. The van der Waals surface area contributed by atoms with E-state index in [-0.39, 0.29) is 31.0 Å². The molecule has 0 bridgehead atoms. The summed E-state index contributed by atoms with van der Waals surface area (Å²) in [7, 11) is 0. The van der Waals surface area contributed by atoms with Crippen molar-refractivity contribution in [3.8, 4) is 22.5 Å². The lowest BCUT2D eigenvalue weighted by atomic mass is 9.98. The van der Waals surface area contributed by atoms with Gasteiger partial charge in [0.25, 0.3) is 6.43 Å². The molecule has 1 N–H and O–H groups in total. The maximum absolute atomic E-state index is 14.5. The van der Waals surface area contributed by atoms with E-state index in [0.29, 0.717) is 22.4 Å². The van der Waals surface area contributed by atoms with Gasteiger partial charge >= 0.3 is 5.69 Å². The van der Waals surface area contributed by atoms with E-state index in [0.717, 1.165) is 22.3 Å². The highest BCUT2D eigenvalue weighted by atomic mass is 19.3. The Morgan fingerprint density at radius 1 is 0.902 bits per heavy atom. The summed E-state index contributed by atoms with van der Waals surface area (Å²) in [5.41, 5.74) is 2.93. The first-order chi connectivity index (χ1) is 19.8. The van der Waals surface area contributed by atoms with Crippen LogP contribution >= 0.6 is 0 Å². The second-order valence-corrected chi connectivity index (χ2v) is 10.3. The summed E-state index contributed by atoms with van der Waals surface area (Å²) >= 11 is 0. The Labute approximate surface area is 235 Å². The molecule has 0 spiro atoms. The van der Waals surface area contributed by atoms with Crippen LogP contribution in [0.2, 0.25) is 0 Å². The summed E-state index contributed by atoms with van der Waals surface area (Å²) in [6, 6.07) is 24.0. The van der Waals surface area contributed by atoms with Crippen LogP contribution in [0, 0.1) is 5.92 Å². The SMILES string of the molecule is CC(C)CCc1c(C(F)F)n(C(=O)Cc2ccccc2)c(=O)n1Cc1ccc(-c2ccccc2-c2nn[nH]n2)cc1. The van der Waals surface area contributed by atoms with Crippen LogP contribution in [0.25, 0.3) is 22.5 Å². The van der Waals surface area contributed by atoms with E-state index in [9.17, 15) is 18.4 Å². The van der Waals surface area contributed by atoms with Crippen molar-refractivity contribution >= 4 is 5.91 Å². The summed E-state index contributed by atoms with van der Waals surface area (Å²) in [5.74, 6) is 0.0209. The van der Waals surface area contributed by atoms with Gasteiger partial charge < -0.3 is 0 Å². The van der Waals surface area contributed by atoms with Crippen molar-refractivity contribution in [3.05, 3.63) is 112 Å². The fourth-order valence-electron chi connectivity index (χ4n) is 4.95. The summed E-state index contributed by atoms with van der Waals surface area (Å²) in [6.45, 7) is 4.05. The van der Waals surface area contributed by atoms with E-state index in [1.54, 1.807) is 30.3 Å². The number of H-pyrrole nitrogens is 1. The topological polar surface area (TPSA) is 98.5 Å². The summed E-state index contributed by atoms with van der Waals surface area (Å²) in [6.07, 6.45) is -2.27. The van der Waals surface area contributed by atoms with E-state index in [2.05, 4.69) is 20.6 Å². The number of alkyl halides is 2. The molecule has 0 radical (unpaired) electrons. The van der Waals surface area contributed by atoms with Crippen molar-refractivity contribution in [1.82, 2.24) is 29.8 Å². The quantitative estimate of drug-likeness (QED) is 0.229. The molecule has 210 valence electrons. The molecular formula is C31H30F2N6O2. The number of halogens is 2. The molecule has 10 heteroatoms. The van der Waals surface area contributed by atoms with Gasteiger partial charge in [-0.05, 0) is 46.2 Å². The number of aromatic amines is 1. The monoisotopic (exact) mass is 556 g/mol. The van der Waals surface area contributed by atoms with Crippen molar-refractivity contribution in [2.75, 3.05) is 0 Å². The normalized spacial score (nSPS) is 11.5. The van der Waals surface area contributed by atoms with E-state index >= 15 is 0 Å². The Hall–Kier alpha value is -4.73. The zero-order valence-electron chi connectivity index (χ0n) is 22.8. The lowest BCUT2D eigenvalue weighted by molar-refractivity contribution is 0.0868. The fraction of sp³-hybridized carbons (Fsp3) is 0.258. The number of aromatic nitrogens is 6. The number of nitrogens with one attached hydrogen (secondary N) is 1. The smallest absolute Gasteiger partial charge is 0.291 e. The lowest BCUT2D eigenvalue weighted by Gasteiger charge is -2.12. The van der Waals surface area contributed by atoms with E-state index < -0.39 is 23.7 Å². The highest BCUT2D eigenvalue weighted by Gasteiger charge is 2.29. The zero-order chi connectivity index (χ0) is 28.9. The molecule has 0 aliphatic rings. The second-order valence-electron chi connectivity index (χ2n) is 10.3. The number of carbonyl (C=O) groups excluding carboxylic acids is 1. The molecule has 0 saturated heterocycles. The van der Waals surface area contributed by atoms with Crippen molar-refractivity contribution in [1.29, 1.82) is 0 Å². The molecule has 2 aromatic heterocycles. The van der Waals surface area contributed by atoms with Gasteiger partial charge in [-0.1, -0.05) is 92.7 Å². The molecule has 0 aliphatic heterocycles. The number of rotatable bonds is 10. The molecule has 5 rings (SSSR count). The van der Waals surface area contributed by atoms with E-state index in [1.807, 2.05) is 62.4 Å². The molecule has 0 unspecified atom stereocenters. The standard InChI is InChI=1S/C31H30F2N6O2/c1-20(2)12-17-26-28(29(32)33)39(27(40)18-21-8-4-3-5-9-21)31(41)38(26)19-22-13-15-23(16-14-22)24-10-6-7-11-25(24)30-34-36-37-35-30/h3-11,13-16,20,29H,12,17-19H2,1-2H3,(H,34,35,36,37). The first kappa shape index (κ1) is 27.8. The predicted molar refractivity (Wildman–Crippen MR) is 152 cm³/mol. The second kappa shape index (κ2) is 12.2. The van der Waals surface area contributed by atoms with E-state index in [4.69, 9.17) is 0 Å². The number of carbonyl (C=O) groups is 1. The lowest BCUT2D eigenvalue weighted by Crippen LogP contribution is -2.31. The molecule has 0 fully saturated rings. The van der Waals surface area contributed by atoms with Crippen LogP contribution in [0.3, 0.4) is 0 Å². The highest BCUT2D eigenvalue weighted by Crippen LogP contribution is 2.30. The largest absolute Gasteiger partial charge is 0.335 e. The van der Waals surface area contributed by atoms with Crippen LogP contribution in [-0.4, -0.2) is 35.7 Å². The maximum Gasteiger partial charge on any atom is 0.335 e. The van der Waals surface area contributed by atoms with Crippen LogP contribution in [-0.2, 0) is 19.4 Å². The summed E-state index contributed by atoms with van der Waals surface area (Å²) in [4.78, 5) is 26.9. The Morgan fingerprint density at radius 2 is 1.59 bits per heavy atom. The molecule has 8 nitrogen and oxygen atoms in total. The minimum absolute atomic E-state index is 0.0599. The first-order valence-electron chi connectivity index (χ1n) is 13.4. The van der Waals surface area contributed by atoms with Gasteiger partial charge in [0, 0.05) is 11.3 Å². The van der Waals surface area contributed by atoms with Crippen molar-refractivity contribution in [2.24, 2.45) is 5.92 Å². The molecule has 2 heterocycles. The van der Waals surface area contributed by atoms with Crippen LogP contribution in [0.1, 0.15) is 54.0 Å². The minimum atomic E-state index is -2.98. The van der Waals surface area contributed by atoms with Crippen molar-refractivity contribution < 1.29 is 13.6 Å². The Balaban J connectivity index is 1.51. The van der Waals surface area contributed by atoms with E-state index in [1.165, 1.54) is 4.57 Å². The molecule has 0 atom stereocenters. The van der Waals surface area contributed by atoms with Gasteiger partial charge in [-0.2, -0.15) is 5.21 Å². The minimum Gasteiger partial charge on any atom is -0.291 e. The molecule has 5 aromatic rings. The molecule has 41 heavy (non-hydrogen) atoms. The Bertz CT molecular complexity index is 1670. The number of hydrogen-bond donors (Lipinski definition) is 1. The third kappa shape index (κ3) is 6.06. The van der Waals surface area contributed by atoms with Gasteiger partial charge in [0.05, 0.1) is 13.0 Å². The molecular weight excluding hydrogens is 526 g/mol. The Kier molecular flexibility index (Phi) is 8.28. The van der Waals surface area contributed by atoms with Gasteiger partial charge in [-0.25, -0.2) is 18.1 Å². The predicted octanol–water partition coefficient (Wildman–Crippen LogP) is 5.95.